The van der Waals surface area contributed by atoms with Crippen LogP contribution in [0.5, 0.6) is 5.75 Å². The zero-order chi connectivity index (χ0) is 14.2. The SMILES string of the molecule is Cn1cc(-c2noc(-c3cccc4c3OCCN4)n2)cn1. The average Bonchev–Trinajstić information content (AvgIpc) is 3.15. The van der Waals surface area contributed by atoms with Gasteiger partial charge in [-0.3, -0.25) is 4.68 Å². The second-order valence-electron chi connectivity index (χ2n) is 4.78. The number of benzene rings is 1. The second-order valence-corrected chi connectivity index (χ2v) is 4.78. The zero-order valence-corrected chi connectivity index (χ0v) is 11.4. The van der Waals surface area contributed by atoms with Crippen LogP contribution in [0.3, 0.4) is 0 Å². The predicted molar refractivity (Wildman–Crippen MR) is 75.9 cm³/mol. The molecule has 1 aliphatic heterocycles. The van der Waals surface area contributed by atoms with Crippen molar-refractivity contribution in [2.24, 2.45) is 7.05 Å². The van der Waals surface area contributed by atoms with E-state index in [2.05, 4.69) is 20.6 Å². The van der Waals surface area contributed by atoms with Crippen molar-refractivity contribution >= 4 is 5.69 Å². The van der Waals surface area contributed by atoms with Crippen LogP contribution in [0.4, 0.5) is 5.69 Å². The molecule has 0 aliphatic carbocycles. The Morgan fingerprint density at radius 1 is 1.33 bits per heavy atom. The summed E-state index contributed by atoms with van der Waals surface area (Å²) in [6, 6.07) is 5.81. The van der Waals surface area contributed by atoms with Crippen molar-refractivity contribution in [1.29, 1.82) is 0 Å². The van der Waals surface area contributed by atoms with Gasteiger partial charge in [0.25, 0.3) is 5.89 Å². The summed E-state index contributed by atoms with van der Waals surface area (Å²) in [5.74, 6) is 1.71. The minimum absolute atomic E-state index is 0.439. The van der Waals surface area contributed by atoms with Crippen molar-refractivity contribution in [2.75, 3.05) is 18.5 Å². The Kier molecular flexibility index (Phi) is 2.63. The molecule has 0 radical (unpaired) electrons. The number of rotatable bonds is 2. The molecule has 1 aromatic carbocycles. The fourth-order valence-corrected chi connectivity index (χ4v) is 2.33. The van der Waals surface area contributed by atoms with E-state index in [0.717, 1.165) is 29.1 Å². The Balaban J connectivity index is 1.76. The average molecular weight is 283 g/mol. The number of nitrogens with one attached hydrogen (secondary N) is 1. The lowest BCUT2D eigenvalue weighted by atomic mass is 10.1. The molecule has 0 saturated heterocycles. The van der Waals surface area contributed by atoms with E-state index >= 15 is 0 Å². The van der Waals surface area contributed by atoms with Gasteiger partial charge in [-0.05, 0) is 12.1 Å². The lowest BCUT2D eigenvalue weighted by molar-refractivity contribution is 0.322. The Morgan fingerprint density at radius 3 is 3.14 bits per heavy atom. The minimum Gasteiger partial charge on any atom is -0.489 e. The molecule has 0 fully saturated rings. The molecular weight excluding hydrogens is 270 g/mol. The van der Waals surface area contributed by atoms with Crippen LogP contribution in [0.15, 0.2) is 35.1 Å². The predicted octanol–water partition coefficient (Wildman–Crippen LogP) is 1.94. The van der Waals surface area contributed by atoms with Crippen molar-refractivity contribution in [3.63, 3.8) is 0 Å². The highest BCUT2D eigenvalue weighted by molar-refractivity contribution is 5.75. The number of ether oxygens (including phenoxy) is 1. The molecule has 3 aromatic rings. The summed E-state index contributed by atoms with van der Waals surface area (Å²) >= 11 is 0. The Bertz CT molecular complexity index is 792. The molecule has 106 valence electrons. The summed E-state index contributed by atoms with van der Waals surface area (Å²) in [6.07, 6.45) is 3.54. The topological polar surface area (TPSA) is 78.0 Å². The molecule has 7 heteroatoms. The van der Waals surface area contributed by atoms with Gasteiger partial charge in [0.1, 0.15) is 6.61 Å². The lowest BCUT2D eigenvalue weighted by Gasteiger charge is -2.20. The maximum atomic E-state index is 5.72. The van der Waals surface area contributed by atoms with Gasteiger partial charge in [-0.2, -0.15) is 10.1 Å². The van der Waals surface area contributed by atoms with E-state index in [9.17, 15) is 0 Å². The lowest BCUT2D eigenvalue weighted by Crippen LogP contribution is -2.18. The van der Waals surface area contributed by atoms with E-state index in [0.29, 0.717) is 18.3 Å². The molecule has 1 aliphatic rings. The Morgan fingerprint density at radius 2 is 2.29 bits per heavy atom. The fraction of sp³-hybridized carbons (Fsp3) is 0.214. The van der Waals surface area contributed by atoms with Gasteiger partial charge in [-0.25, -0.2) is 0 Å². The third-order valence-corrected chi connectivity index (χ3v) is 3.30. The first kappa shape index (κ1) is 12.0. The molecule has 0 unspecified atom stereocenters. The van der Waals surface area contributed by atoms with Gasteiger partial charge in [0.2, 0.25) is 5.82 Å². The fourth-order valence-electron chi connectivity index (χ4n) is 2.33. The Labute approximate surface area is 120 Å². The van der Waals surface area contributed by atoms with Crippen LogP contribution in [-0.2, 0) is 7.05 Å². The smallest absolute Gasteiger partial charge is 0.262 e. The first-order chi connectivity index (χ1) is 10.3. The molecule has 0 bridgehead atoms. The van der Waals surface area contributed by atoms with E-state index < -0.39 is 0 Å². The first-order valence-electron chi connectivity index (χ1n) is 6.64. The van der Waals surface area contributed by atoms with Gasteiger partial charge in [-0.1, -0.05) is 11.2 Å². The van der Waals surface area contributed by atoms with E-state index in [-0.39, 0.29) is 0 Å². The van der Waals surface area contributed by atoms with Crippen LogP contribution in [-0.4, -0.2) is 33.1 Å². The summed E-state index contributed by atoms with van der Waals surface area (Å²) < 4.78 is 12.8. The van der Waals surface area contributed by atoms with E-state index in [1.54, 1.807) is 10.9 Å². The highest BCUT2D eigenvalue weighted by Gasteiger charge is 2.20. The second kappa shape index (κ2) is 4.62. The van der Waals surface area contributed by atoms with Gasteiger partial charge < -0.3 is 14.6 Å². The summed E-state index contributed by atoms with van der Waals surface area (Å²) in [5.41, 5.74) is 2.55. The van der Waals surface area contributed by atoms with Gasteiger partial charge in [0.05, 0.1) is 23.0 Å². The molecule has 7 nitrogen and oxygen atoms in total. The zero-order valence-electron chi connectivity index (χ0n) is 11.4. The summed E-state index contributed by atoms with van der Waals surface area (Å²) in [4.78, 5) is 4.43. The molecule has 2 aromatic heterocycles. The van der Waals surface area contributed by atoms with Crippen LogP contribution < -0.4 is 10.1 Å². The minimum atomic E-state index is 0.439. The number of fused-ring (bicyclic) bond motifs is 1. The van der Waals surface area contributed by atoms with Crippen LogP contribution >= 0.6 is 0 Å². The largest absolute Gasteiger partial charge is 0.489 e. The van der Waals surface area contributed by atoms with E-state index in [1.807, 2.05) is 31.4 Å². The quantitative estimate of drug-likeness (QED) is 0.774. The van der Waals surface area contributed by atoms with Crippen molar-refractivity contribution < 1.29 is 9.26 Å². The number of para-hydroxylation sites is 1. The molecule has 0 amide bonds. The van der Waals surface area contributed by atoms with Gasteiger partial charge in [-0.15, -0.1) is 0 Å². The van der Waals surface area contributed by atoms with Gasteiger partial charge >= 0.3 is 0 Å². The van der Waals surface area contributed by atoms with E-state index in [1.165, 1.54) is 0 Å². The van der Waals surface area contributed by atoms with E-state index in [4.69, 9.17) is 9.26 Å². The van der Waals surface area contributed by atoms with Gasteiger partial charge in [0.15, 0.2) is 5.75 Å². The normalized spacial score (nSPS) is 13.4. The molecule has 21 heavy (non-hydrogen) atoms. The number of aromatic nitrogens is 4. The monoisotopic (exact) mass is 283 g/mol. The molecule has 3 heterocycles. The molecule has 1 N–H and O–H groups in total. The van der Waals surface area contributed by atoms with Crippen molar-refractivity contribution in [3.8, 4) is 28.6 Å². The number of aryl methyl sites for hydroxylation is 1. The third kappa shape index (κ3) is 2.03. The third-order valence-electron chi connectivity index (χ3n) is 3.30. The number of hydrogen-bond donors (Lipinski definition) is 1. The van der Waals surface area contributed by atoms with Crippen LogP contribution in [0, 0.1) is 0 Å². The van der Waals surface area contributed by atoms with Crippen molar-refractivity contribution in [1.82, 2.24) is 19.9 Å². The van der Waals surface area contributed by atoms with Crippen molar-refractivity contribution in [3.05, 3.63) is 30.6 Å². The standard InChI is InChI=1S/C14H13N5O2/c1-19-8-9(7-16-19)13-17-14(21-18-13)10-3-2-4-11-12(10)20-6-5-15-11/h2-4,7-8,15H,5-6H2,1H3. The molecule has 4 rings (SSSR count). The highest BCUT2D eigenvalue weighted by atomic mass is 16.5. The maximum absolute atomic E-state index is 5.72. The number of hydrogen-bond acceptors (Lipinski definition) is 6. The molecule has 0 spiro atoms. The molecular formula is C14H13N5O2. The Hall–Kier alpha value is -2.83. The van der Waals surface area contributed by atoms with Crippen LogP contribution in [0.2, 0.25) is 0 Å². The molecule has 0 atom stereocenters. The first-order valence-corrected chi connectivity index (χ1v) is 6.64. The van der Waals surface area contributed by atoms with Crippen LogP contribution in [0.1, 0.15) is 0 Å². The summed E-state index contributed by atoms with van der Waals surface area (Å²) in [5, 5.41) is 11.4. The van der Waals surface area contributed by atoms with Gasteiger partial charge in [0, 0.05) is 19.8 Å². The molecule has 0 saturated carbocycles. The summed E-state index contributed by atoms with van der Waals surface area (Å²) in [7, 11) is 1.84. The van der Waals surface area contributed by atoms with Crippen molar-refractivity contribution in [2.45, 2.75) is 0 Å². The highest BCUT2D eigenvalue weighted by Crippen LogP contribution is 2.37. The number of nitrogens with zero attached hydrogens (tertiary/aromatic N) is 4. The van der Waals surface area contributed by atoms with Crippen LogP contribution in [0.25, 0.3) is 22.8 Å². The number of anilines is 1. The maximum Gasteiger partial charge on any atom is 0.262 e. The summed E-state index contributed by atoms with van der Waals surface area (Å²) in [6.45, 7) is 1.41.